The Bertz CT molecular complexity index is 1310. The molecule has 4 rings (SSSR count). The maximum absolute atomic E-state index is 13.3. The zero-order valence-corrected chi connectivity index (χ0v) is 19.8. The van der Waals surface area contributed by atoms with E-state index >= 15 is 0 Å². The van der Waals surface area contributed by atoms with Crippen molar-refractivity contribution >= 4 is 44.2 Å². The first-order valence-electron chi connectivity index (χ1n) is 10.4. The largest absolute Gasteiger partial charge is 0.496 e. The number of hydrogen-bond acceptors (Lipinski definition) is 6. The summed E-state index contributed by atoms with van der Waals surface area (Å²) in [7, 11) is 1.57. The first-order chi connectivity index (χ1) is 16.0. The maximum atomic E-state index is 13.3. The van der Waals surface area contributed by atoms with Crippen molar-refractivity contribution in [3.63, 3.8) is 0 Å². The minimum Gasteiger partial charge on any atom is -0.496 e. The van der Waals surface area contributed by atoms with E-state index in [0.29, 0.717) is 45.0 Å². The van der Waals surface area contributed by atoms with Crippen LogP contribution in [-0.4, -0.2) is 31.8 Å². The highest BCUT2D eigenvalue weighted by atomic mass is 79.9. The molecule has 0 aliphatic carbocycles. The van der Waals surface area contributed by atoms with Crippen LogP contribution in [0, 0.1) is 0 Å². The fourth-order valence-corrected chi connectivity index (χ4v) is 4.03. The number of nitrogens with one attached hydrogen (secondary N) is 1. The summed E-state index contributed by atoms with van der Waals surface area (Å²) in [4.78, 5) is 26.1. The molecule has 0 saturated heterocycles. The molecule has 0 aliphatic heterocycles. The van der Waals surface area contributed by atoms with E-state index in [9.17, 15) is 9.59 Å². The quantitative estimate of drug-likeness (QED) is 0.274. The third-order valence-electron chi connectivity index (χ3n) is 5.13. The van der Waals surface area contributed by atoms with Crippen molar-refractivity contribution in [1.82, 2.24) is 0 Å². The van der Waals surface area contributed by atoms with Crippen molar-refractivity contribution in [2.45, 2.75) is 6.92 Å². The van der Waals surface area contributed by atoms with Gasteiger partial charge in [-0.3, -0.25) is 9.59 Å². The summed E-state index contributed by atoms with van der Waals surface area (Å²) in [6, 6.07) is 19.4. The molecule has 0 unspecified atom stereocenters. The van der Waals surface area contributed by atoms with Crippen LogP contribution in [0.2, 0.25) is 0 Å². The van der Waals surface area contributed by atoms with Crippen molar-refractivity contribution in [3.8, 4) is 11.5 Å². The van der Waals surface area contributed by atoms with Gasteiger partial charge in [-0.15, -0.1) is 0 Å². The minimum absolute atomic E-state index is 0.00808. The normalized spacial score (nSPS) is 10.8. The molecule has 7 heteroatoms. The fraction of sp³-hybridized carbons (Fsp3) is 0.154. The van der Waals surface area contributed by atoms with Gasteiger partial charge in [0.2, 0.25) is 5.78 Å². The summed E-state index contributed by atoms with van der Waals surface area (Å²) in [6.45, 7) is 2.44. The molecule has 168 valence electrons. The molecule has 4 aromatic rings. The number of anilines is 1. The number of methoxy groups -OCH3 is 1. The molecule has 33 heavy (non-hydrogen) atoms. The molecule has 0 aliphatic rings. The lowest BCUT2D eigenvalue weighted by Gasteiger charge is -2.09. The predicted molar refractivity (Wildman–Crippen MR) is 131 cm³/mol. The van der Waals surface area contributed by atoms with Crippen LogP contribution in [0.5, 0.6) is 11.5 Å². The van der Waals surface area contributed by atoms with E-state index in [2.05, 4.69) is 21.2 Å². The predicted octanol–water partition coefficient (Wildman–Crippen LogP) is 6.13. The van der Waals surface area contributed by atoms with Crippen LogP contribution in [0.1, 0.15) is 33.4 Å². The summed E-state index contributed by atoms with van der Waals surface area (Å²) < 4.78 is 17.3. The average molecular weight is 508 g/mol. The lowest BCUT2D eigenvalue weighted by molar-refractivity contribution is 0.0997. The lowest BCUT2D eigenvalue weighted by Crippen LogP contribution is -2.15. The van der Waals surface area contributed by atoms with Crippen LogP contribution in [0.15, 0.2) is 75.6 Å². The van der Waals surface area contributed by atoms with Gasteiger partial charge in [-0.25, -0.2) is 0 Å². The topological polar surface area (TPSA) is 77.8 Å². The van der Waals surface area contributed by atoms with Crippen LogP contribution in [0.3, 0.4) is 0 Å². The van der Waals surface area contributed by atoms with E-state index < -0.39 is 0 Å². The summed E-state index contributed by atoms with van der Waals surface area (Å²) in [6.07, 6.45) is 0. The van der Waals surface area contributed by atoms with E-state index in [1.807, 2.05) is 25.1 Å². The molecule has 0 radical (unpaired) electrons. The van der Waals surface area contributed by atoms with Crippen molar-refractivity contribution < 1.29 is 23.5 Å². The highest BCUT2D eigenvalue weighted by Gasteiger charge is 2.22. The van der Waals surface area contributed by atoms with E-state index in [4.69, 9.17) is 13.9 Å². The second-order valence-electron chi connectivity index (χ2n) is 7.21. The number of carbonyl (C=O) groups excluding carboxylic acids is 2. The van der Waals surface area contributed by atoms with Gasteiger partial charge < -0.3 is 19.2 Å². The third-order valence-corrected chi connectivity index (χ3v) is 5.75. The number of halogens is 1. The summed E-state index contributed by atoms with van der Waals surface area (Å²) in [5.74, 6) is 1.07. The van der Waals surface area contributed by atoms with Crippen LogP contribution >= 0.6 is 15.9 Å². The zero-order valence-electron chi connectivity index (χ0n) is 18.2. The van der Waals surface area contributed by atoms with Crippen LogP contribution in [-0.2, 0) is 0 Å². The number of ketones is 2. The second-order valence-corrected chi connectivity index (χ2v) is 8.07. The van der Waals surface area contributed by atoms with Gasteiger partial charge in [-0.1, -0.05) is 12.1 Å². The molecule has 0 fully saturated rings. The molecule has 6 nitrogen and oxygen atoms in total. The number of Topliss-reactive ketones (excluding diaryl/α,β-unsaturated/α-hetero) is 1. The van der Waals surface area contributed by atoms with E-state index in [1.165, 1.54) is 0 Å². The van der Waals surface area contributed by atoms with Crippen LogP contribution < -0.4 is 14.8 Å². The van der Waals surface area contributed by atoms with E-state index in [-0.39, 0.29) is 23.9 Å². The third kappa shape index (κ3) is 4.78. The number of fused-ring (bicyclic) bond motifs is 1. The Morgan fingerprint density at radius 3 is 2.42 bits per heavy atom. The minimum atomic E-state index is -0.281. The number of furan rings is 1. The summed E-state index contributed by atoms with van der Waals surface area (Å²) >= 11 is 3.40. The summed E-state index contributed by atoms with van der Waals surface area (Å²) in [5, 5.41) is 3.86. The summed E-state index contributed by atoms with van der Waals surface area (Å²) in [5.41, 5.74) is 2.03. The molecule has 3 aromatic carbocycles. The van der Waals surface area contributed by atoms with Gasteiger partial charge in [0, 0.05) is 16.5 Å². The molecular weight excluding hydrogens is 486 g/mol. The second kappa shape index (κ2) is 9.92. The molecule has 1 aromatic heterocycles. The SMILES string of the molecule is CCOc1ccc(C(=O)c2oc3ccccc3c2NCC(=O)c2ccc(OC)c(Br)c2)cc1. The number of hydrogen-bond donors (Lipinski definition) is 1. The van der Waals surface area contributed by atoms with Crippen LogP contribution in [0.25, 0.3) is 11.0 Å². The first-order valence-corrected chi connectivity index (χ1v) is 11.2. The number of ether oxygens (including phenoxy) is 2. The van der Waals surface area contributed by atoms with E-state index in [1.54, 1.807) is 55.6 Å². The van der Waals surface area contributed by atoms with E-state index in [0.717, 1.165) is 5.39 Å². The highest BCUT2D eigenvalue weighted by molar-refractivity contribution is 9.10. The molecule has 1 N–H and O–H groups in total. The van der Waals surface area contributed by atoms with Gasteiger partial charge in [-0.2, -0.15) is 0 Å². The Morgan fingerprint density at radius 1 is 1.00 bits per heavy atom. The Kier molecular flexibility index (Phi) is 6.79. The molecule has 0 saturated carbocycles. The molecule has 0 bridgehead atoms. The van der Waals surface area contributed by atoms with Gasteiger partial charge in [0.05, 0.1) is 30.4 Å². The average Bonchev–Trinajstić information content (AvgIpc) is 3.21. The van der Waals surface area contributed by atoms with Gasteiger partial charge in [-0.05, 0) is 77.5 Å². The van der Waals surface area contributed by atoms with Crippen molar-refractivity contribution in [3.05, 3.63) is 88.1 Å². The molecule has 0 atom stereocenters. The molecule has 0 amide bonds. The smallest absolute Gasteiger partial charge is 0.230 e. The van der Waals surface area contributed by atoms with Crippen molar-refractivity contribution in [2.75, 3.05) is 25.6 Å². The molecule has 0 spiro atoms. The Morgan fingerprint density at radius 2 is 1.73 bits per heavy atom. The zero-order chi connectivity index (χ0) is 23.4. The fourth-order valence-electron chi connectivity index (χ4n) is 3.49. The van der Waals surface area contributed by atoms with Gasteiger partial charge in [0.1, 0.15) is 17.1 Å². The van der Waals surface area contributed by atoms with Gasteiger partial charge in [0.15, 0.2) is 11.5 Å². The number of benzene rings is 3. The standard InChI is InChI=1S/C26H22BrNO5/c1-3-32-18-11-8-16(9-12-18)25(30)26-24(19-6-4-5-7-22(19)33-26)28-15-21(29)17-10-13-23(31-2)20(27)14-17/h4-14,28H,3,15H2,1-2H3. The monoisotopic (exact) mass is 507 g/mol. The Labute approximate surface area is 199 Å². The molecular formula is C26H22BrNO5. The number of rotatable bonds is 9. The Balaban J connectivity index is 1.62. The van der Waals surface area contributed by atoms with Crippen molar-refractivity contribution in [2.24, 2.45) is 0 Å². The highest BCUT2D eigenvalue weighted by Crippen LogP contribution is 2.33. The molecule has 1 heterocycles. The van der Waals surface area contributed by atoms with Crippen LogP contribution in [0.4, 0.5) is 5.69 Å². The number of carbonyl (C=O) groups is 2. The van der Waals surface area contributed by atoms with Gasteiger partial charge >= 0.3 is 0 Å². The maximum Gasteiger partial charge on any atom is 0.230 e. The van der Waals surface area contributed by atoms with Gasteiger partial charge in [0.25, 0.3) is 0 Å². The number of para-hydroxylation sites is 1. The first kappa shape index (κ1) is 22.6. The lowest BCUT2D eigenvalue weighted by atomic mass is 10.1. The Hall–Kier alpha value is -3.58. The van der Waals surface area contributed by atoms with Crippen molar-refractivity contribution in [1.29, 1.82) is 0 Å².